The highest BCUT2D eigenvalue weighted by atomic mass is 19.1. The van der Waals surface area contributed by atoms with E-state index in [2.05, 4.69) is 5.16 Å². The minimum absolute atomic E-state index is 0.144. The van der Waals surface area contributed by atoms with E-state index in [4.69, 9.17) is 20.0 Å². The van der Waals surface area contributed by atoms with Crippen LogP contribution in [0, 0.1) is 0 Å². The molecule has 7 heteroatoms. The fourth-order valence-electron chi connectivity index (χ4n) is 3.36. The summed E-state index contributed by atoms with van der Waals surface area (Å²) in [5.41, 5.74) is 9.06. The molecule has 0 aliphatic heterocycles. The van der Waals surface area contributed by atoms with Crippen molar-refractivity contribution in [2.45, 2.75) is 19.4 Å². The van der Waals surface area contributed by atoms with Crippen molar-refractivity contribution in [3.05, 3.63) is 107 Å². The second-order valence-electron chi connectivity index (χ2n) is 7.55. The molecule has 0 saturated carbocycles. The van der Waals surface area contributed by atoms with Gasteiger partial charge in [0.15, 0.2) is 0 Å². The number of oxime groups is 1. The summed E-state index contributed by atoms with van der Waals surface area (Å²) in [6.45, 7) is 2.10. The summed E-state index contributed by atoms with van der Waals surface area (Å²) in [6, 6.07) is 22.6. The first-order valence-corrected chi connectivity index (χ1v) is 10.7. The molecule has 1 unspecified atom stereocenters. The standard InChI is InChI=1S/C27H27FN2O4/c1-19(30-33-17-22-11-6-7-14-24(22)25(18-32-2)27(29)31)21-12-8-13-23(16-21)34-26(28)15-20-9-4-3-5-10-20/h3-16,25H,17-18H2,1-2H3,(H2,29,31). The Balaban J connectivity index is 1.68. The van der Waals surface area contributed by atoms with Gasteiger partial charge in [-0.2, -0.15) is 4.39 Å². The first-order valence-electron chi connectivity index (χ1n) is 10.7. The van der Waals surface area contributed by atoms with Gasteiger partial charge < -0.3 is 20.0 Å². The maximum atomic E-state index is 14.3. The number of primary amides is 1. The van der Waals surface area contributed by atoms with Gasteiger partial charge in [-0.25, -0.2) is 0 Å². The number of hydrogen-bond acceptors (Lipinski definition) is 5. The lowest BCUT2D eigenvalue weighted by molar-refractivity contribution is -0.120. The second kappa shape index (κ2) is 12.3. The molecular formula is C27H27FN2O4. The van der Waals surface area contributed by atoms with E-state index in [1.54, 1.807) is 37.3 Å². The number of nitrogens with zero attached hydrogens (tertiary/aromatic N) is 1. The van der Waals surface area contributed by atoms with Crippen molar-refractivity contribution in [1.82, 2.24) is 0 Å². The molecule has 0 fully saturated rings. The number of nitrogens with two attached hydrogens (primary N) is 1. The van der Waals surface area contributed by atoms with Gasteiger partial charge in [0.25, 0.3) is 6.01 Å². The van der Waals surface area contributed by atoms with E-state index in [0.717, 1.165) is 11.1 Å². The van der Waals surface area contributed by atoms with Crippen LogP contribution in [0.3, 0.4) is 0 Å². The Hall–Kier alpha value is -3.97. The number of carbonyl (C=O) groups is 1. The smallest absolute Gasteiger partial charge is 0.278 e. The van der Waals surface area contributed by atoms with Crippen LogP contribution in [0.25, 0.3) is 6.08 Å². The van der Waals surface area contributed by atoms with Crippen molar-refractivity contribution in [2.75, 3.05) is 13.7 Å². The maximum Gasteiger partial charge on any atom is 0.278 e. The summed E-state index contributed by atoms with van der Waals surface area (Å²) >= 11 is 0. The predicted octanol–water partition coefficient (Wildman–Crippen LogP) is 5.19. The molecule has 3 aromatic carbocycles. The van der Waals surface area contributed by atoms with E-state index < -0.39 is 17.8 Å². The molecule has 0 heterocycles. The van der Waals surface area contributed by atoms with E-state index in [1.165, 1.54) is 13.2 Å². The van der Waals surface area contributed by atoms with Gasteiger partial charge >= 0.3 is 0 Å². The molecule has 0 spiro atoms. The quantitative estimate of drug-likeness (QED) is 0.242. The Morgan fingerprint density at radius 3 is 2.53 bits per heavy atom. The van der Waals surface area contributed by atoms with Crippen molar-refractivity contribution in [2.24, 2.45) is 10.9 Å². The third-order valence-corrected chi connectivity index (χ3v) is 5.08. The Kier molecular flexibility index (Phi) is 8.94. The molecule has 0 radical (unpaired) electrons. The van der Waals surface area contributed by atoms with Crippen molar-refractivity contribution in [3.8, 4) is 5.75 Å². The first-order chi connectivity index (χ1) is 16.5. The number of carbonyl (C=O) groups excluding carboxylic acids is 1. The molecule has 3 rings (SSSR count). The van der Waals surface area contributed by atoms with Crippen LogP contribution < -0.4 is 10.5 Å². The second-order valence-corrected chi connectivity index (χ2v) is 7.55. The van der Waals surface area contributed by atoms with Crippen LogP contribution in [0.1, 0.15) is 35.1 Å². The van der Waals surface area contributed by atoms with Gasteiger partial charge in [-0.15, -0.1) is 0 Å². The van der Waals surface area contributed by atoms with Gasteiger partial charge in [0.1, 0.15) is 12.4 Å². The van der Waals surface area contributed by atoms with Gasteiger partial charge in [0.05, 0.1) is 18.2 Å². The molecule has 1 amide bonds. The fraction of sp³-hybridized carbons (Fsp3) is 0.185. The SMILES string of the molecule is COCC(C(N)=O)c1ccccc1CON=C(C)c1cccc(OC(F)=Cc2ccccc2)c1. The van der Waals surface area contributed by atoms with Crippen LogP contribution in [0.4, 0.5) is 4.39 Å². The van der Waals surface area contributed by atoms with Crippen LogP contribution in [-0.2, 0) is 21.0 Å². The van der Waals surface area contributed by atoms with E-state index in [1.807, 2.05) is 48.5 Å². The number of rotatable bonds is 11. The zero-order valence-corrected chi connectivity index (χ0v) is 19.1. The summed E-state index contributed by atoms with van der Waals surface area (Å²) in [7, 11) is 1.52. The number of ether oxygens (including phenoxy) is 2. The molecule has 0 bridgehead atoms. The van der Waals surface area contributed by atoms with Gasteiger partial charge in [-0.3, -0.25) is 4.79 Å². The third-order valence-electron chi connectivity index (χ3n) is 5.08. The van der Waals surface area contributed by atoms with Crippen LogP contribution in [0.5, 0.6) is 5.75 Å². The van der Waals surface area contributed by atoms with E-state index >= 15 is 0 Å². The fourth-order valence-corrected chi connectivity index (χ4v) is 3.36. The zero-order chi connectivity index (χ0) is 24.3. The molecule has 0 aliphatic carbocycles. The number of hydrogen-bond donors (Lipinski definition) is 1. The van der Waals surface area contributed by atoms with Crippen LogP contribution in [0.2, 0.25) is 0 Å². The van der Waals surface area contributed by atoms with Crippen LogP contribution >= 0.6 is 0 Å². The molecule has 176 valence electrons. The molecular weight excluding hydrogens is 435 g/mol. The van der Waals surface area contributed by atoms with Crippen molar-refractivity contribution < 1.29 is 23.5 Å². The minimum atomic E-state index is -0.717. The molecule has 2 N–H and O–H groups in total. The van der Waals surface area contributed by atoms with Crippen LogP contribution in [0.15, 0.2) is 90.0 Å². The van der Waals surface area contributed by atoms with E-state index in [0.29, 0.717) is 22.6 Å². The molecule has 6 nitrogen and oxygen atoms in total. The van der Waals surface area contributed by atoms with Gasteiger partial charge in [-0.05, 0) is 35.7 Å². The Labute approximate surface area is 198 Å². The van der Waals surface area contributed by atoms with E-state index in [-0.39, 0.29) is 13.2 Å². The van der Waals surface area contributed by atoms with E-state index in [9.17, 15) is 9.18 Å². The Morgan fingerprint density at radius 2 is 1.79 bits per heavy atom. The van der Waals surface area contributed by atoms with Crippen LogP contribution in [-0.4, -0.2) is 25.3 Å². The highest BCUT2D eigenvalue weighted by Crippen LogP contribution is 2.22. The Bertz CT molecular complexity index is 1160. The topological polar surface area (TPSA) is 83.1 Å². The third kappa shape index (κ3) is 7.02. The maximum absolute atomic E-state index is 14.3. The van der Waals surface area contributed by atoms with Crippen molar-refractivity contribution in [1.29, 1.82) is 0 Å². The summed E-state index contributed by atoms with van der Waals surface area (Å²) in [4.78, 5) is 17.4. The molecule has 0 aliphatic rings. The lowest BCUT2D eigenvalue weighted by Gasteiger charge is -2.16. The highest BCUT2D eigenvalue weighted by molar-refractivity contribution is 5.98. The molecule has 34 heavy (non-hydrogen) atoms. The summed E-state index contributed by atoms with van der Waals surface area (Å²) < 4.78 is 24.7. The number of benzene rings is 3. The molecule has 1 atom stereocenters. The predicted molar refractivity (Wildman–Crippen MR) is 130 cm³/mol. The normalized spacial score (nSPS) is 12.8. The average Bonchev–Trinajstić information content (AvgIpc) is 2.83. The summed E-state index contributed by atoms with van der Waals surface area (Å²) in [6.07, 6.45) is 1.32. The summed E-state index contributed by atoms with van der Waals surface area (Å²) in [5, 5.41) is 4.17. The number of methoxy groups -OCH3 is 1. The average molecular weight is 463 g/mol. The van der Waals surface area contributed by atoms with Gasteiger partial charge in [0.2, 0.25) is 5.91 Å². The summed E-state index contributed by atoms with van der Waals surface area (Å²) in [5.74, 6) is -0.715. The molecule has 0 saturated heterocycles. The first kappa shape index (κ1) is 24.7. The van der Waals surface area contributed by atoms with Crippen molar-refractivity contribution >= 4 is 17.7 Å². The largest absolute Gasteiger partial charge is 0.432 e. The minimum Gasteiger partial charge on any atom is -0.432 e. The zero-order valence-electron chi connectivity index (χ0n) is 19.1. The van der Waals surface area contributed by atoms with Gasteiger partial charge in [0, 0.05) is 18.7 Å². The molecule has 0 aromatic heterocycles. The monoisotopic (exact) mass is 462 g/mol. The van der Waals surface area contributed by atoms with Gasteiger partial charge in [-0.1, -0.05) is 71.9 Å². The van der Waals surface area contributed by atoms with Crippen molar-refractivity contribution in [3.63, 3.8) is 0 Å². The lowest BCUT2D eigenvalue weighted by atomic mass is 9.94. The number of amides is 1. The molecule has 3 aromatic rings. The lowest BCUT2D eigenvalue weighted by Crippen LogP contribution is -2.26. The number of halogens is 1. The highest BCUT2D eigenvalue weighted by Gasteiger charge is 2.20. The Morgan fingerprint density at radius 1 is 1.06 bits per heavy atom.